The van der Waals surface area contributed by atoms with Crippen molar-refractivity contribution in [3.63, 3.8) is 0 Å². The molecule has 6 heteroatoms. The van der Waals surface area contributed by atoms with Crippen molar-refractivity contribution in [3.8, 4) is 0 Å². The van der Waals surface area contributed by atoms with E-state index < -0.39 is 10.2 Å². The molecule has 3 N–H and O–H groups in total. The lowest BCUT2D eigenvalue weighted by molar-refractivity contribution is 0.339. The van der Waals surface area contributed by atoms with E-state index in [1.807, 2.05) is 13.8 Å². The first kappa shape index (κ1) is 13.9. The Hall–Kier alpha value is -0.170. The molecular weight excluding hydrogens is 226 g/mol. The number of piperidine rings is 1. The fraction of sp³-hybridized carbons (Fsp3) is 1.00. The Morgan fingerprint density at radius 3 is 2.31 bits per heavy atom. The van der Waals surface area contributed by atoms with Crippen LogP contribution >= 0.6 is 0 Å². The molecule has 0 amide bonds. The van der Waals surface area contributed by atoms with Crippen molar-refractivity contribution >= 4 is 10.2 Å². The lowest BCUT2D eigenvalue weighted by atomic mass is 10.1. The van der Waals surface area contributed by atoms with Crippen molar-refractivity contribution in [3.05, 3.63) is 0 Å². The molecule has 1 rings (SSSR count). The normalized spacial score (nSPS) is 21.2. The molecule has 1 saturated heterocycles. The summed E-state index contributed by atoms with van der Waals surface area (Å²) in [5, 5.41) is 0. The van der Waals surface area contributed by atoms with Crippen LogP contribution in [0.3, 0.4) is 0 Å². The maximum Gasteiger partial charge on any atom is 0.279 e. The van der Waals surface area contributed by atoms with E-state index in [4.69, 9.17) is 5.73 Å². The smallest absolute Gasteiger partial charge is 0.279 e. The topological polar surface area (TPSA) is 75.4 Å². The van der Waals surface area contributed by atoms with Gasteiger partial charge in [0.2, 0.25) is 0 Å². The van der Waals surface area contributed by atoms with Gasteiger partial charge in [-0.25, -0.2) is 4.72 Å². The minimum atomic E-state index is -3.31. The predicted octanol–water partition coefficient (Wildman–Crippen LogP) is 0.290. The molecule has 0 aromatic rings. The van der Waals surface area contributed by atoms with Crippen LogP contribution in [0.15, 0.2) is 0 Å². The van der Waals surface area contributed by atoms with Crippen LogP contribution in [-0.2, 0) is 10.2 Å². The maximum atomic E-state index is 11.9. The monoisotopic (exact) mass is 249 g/mol. The molecule has 0 aromatic carbocycles. The van der Waals surface area contributed by atoms with Gasteiger partial charge in [-0.3, -0.25) is 0 Å². The molecule has 96 valence electrons. The van der Waals surface area contributed by atoms with Crippen molar-refractivity contribution < 1.29 is 8.42 Å². The van der Waals surface area contributed by atoms with Crippen LogP contribution in [0.4, 0.5) is 0 Å². The van der Waals surface area contributed by atoms with Crippen LogP contribution < -0.4 is 10.5 Å². The first-order valence-electron chi connectivity index (χ1n) is 5.94. The highest BCUT2D eigenvalue weighted by Gasteiger charge is 2.24. The van der Waals surface area contributed by atoms with E-state index in [9.17, 15) is 8.42 Å². The van der Waals surface area contributed by atoms with Crippen LogP contribution in [0, 0.1) is 5.92 Å². The Morgan fingerprint density at radius 2 is 1.81 bits per heavy atom. The second-order valence-corrected chi connectivity index (χ2v) is 6.48. The predicted molar refractivity (Wildman–Crippen MR) is 65.2 cm³/mol. The van der Waals surface area contributed by atoms with Gasteiger partial charge in [-0.2, -0.15) is 12.7 Å². The zero-order valence-electron chi connectivity index (χ0n) is 10.1. The lowest BCUT2D eigenvalue weighted by Crippen LogP contribution is -2.48. The molecule has 1 fully saturated rings. The average molecular weight is 249 g/mol. The highest BCUT2D eigenvalue weighted by atomic mass is 32.2. The van der Waals surface area contributed by atoms with Gasteiger partial charge in [-0.05, 0) is 18.8 Å². The summed E-state index contributed by atoms with van der Waals surface area (Å²) in [4.78, 5) is 0. The van der Waals surface area contributed by atoms with Crippen molar-refractivity contribution in [2.24, 2.45) is 11.7 Å². The van der Waals surface area contributed by atoms with Crippen LogP contribution in [0.1, 0.15) is 33.1 Å². The Kier molecular flexibility index (Phi) is 5.17. The van der Waals surface area contributed by atoms with E-state index >= 15 is 0 Å². The van der Waals surface area contributed by atoms with Crippen LogP contribution in [0.2, 0.25) is 0 Å². The zero-order valence-corrected chi connectivity index (χ0v) is 11.0. The summed E-state index contributed by atoms with van der Waals surface area (Å²) in [5.41, 5.74) is 5.81. The average Bonchev–Trinajstić information content (AvgIpc) is 2.27. The lowest BCUT2D eigenvalue weighted by Gasteiger charge is -2.27. The highest BCUT2D eigenvalue weighted by molar-refractivity contribution is 7.87. The second kappa shape index (κ2) is 5.95. The van der Waals surface area contributed by atoms with Crippen molar-refractivity contribution in [2.75, 3.05) is 19.6 Å². The van der Waals surface area contributed by atoms with Gasteiger partial charge in [0, 0.05) is 25.7 Å². The number of nitrogens with two attached hydrogens (primary N) is 1. The Morgan fingerprint density at radius 1 is 1.25 bits per heavy atom. The third kappa shape index (κ3) is 4.01. The molecule has 0 radical (unpaired) electrons. The molecule has 0 bridgehead atoms. The Labute approximate surface area is 98.6 Å². The molecule has 1 aliphatic heterocycles. The van der Waals surface area contributed by atoms with E-state index in [1.54, 1.807) is 0 Å². The molecule has 0 aliphatic carbocycles. The second-order valence-electron chi connectivity index (χ2n) is 4.72. The number of nitrogens with zero attached hydrogens (tertiary/aromatic N) is 1. The fourth-order valence-electron chi connectivity index (χ4n) is 1.63. The number of hydrogen-bond acceptors (Lipinski definition) is 3. The summed E-state index contributed by atoms with van der Waals surface area (Å²) in [6.07, 6.45) is 3.03. The van der Waals surface area contributed by atoms with Crippen LogP contribution in [0.5, 0.6) is 0 Å². The molecule has 0 aromatic heterocycles. The third-order valence-corrected chi connectivity index (χ3v) is 4.59. The Bertz CT molecular complexity index is 297. The van der Waals surface area contributed by atoms with E-state index in [1.165, 1.54) is 4.31 Å². The van der Waals surface area contributed by atoms with E-state index in [0.717, 1.165) is 19.3 Å². The summed E-state index contributed by atoms with van der Waals surface area (Å²) >= 11 is 0. The molecular formula is C10H23N3O2S. The van der Waals surface area contributed by atoms with Gasteiger partial charge in [0.1, 0.15) is 0 Å². The van der Waals surface area contributed by atoms with Gasteiger partial charge < -0.3 is 5.73 Å². The van der Waals surface area contributed by atoms with E-state index in [-0.39, 0.29) is 12.0 Å². The highest BCUT2D eigenvalue weighted by Crippen LogP contribution is 2.11. The standard InChI is InChI=1S/C10H23N3O2S/c1-9(2)10(11)8-12-16(14,15)13-6-4-3-5-7-13/h9-10,12H,3-8,11H2,1-2H3. The Balaban J connectivity index is 2.44. The molecule has 1 aliphatic rings. The minimum Gasteiger partial charge on any atom is -0.326 e. The first-order valence-corrected chi connectivity index (χ1v) is 7.38. The molecule has 1 heterocycles. The summed E-state index contributed by atoms with van der Waals surface area (Å²) in [7, 11) is -3.31. The fourth-order valence-corrected chi connectivity index (χ4v) is 2.96. The number of nitrogens with one attached hydrogen (secondary N) is 1. The summed E-state index contributed by atoms with van der Waals surface area (Å²) in [6, 6.07) is -0.125. The number of rotatable bonds is 5. The van der Waals surface area contributed by atoms with E-state index in [2.05, 4.69) is 4.72 Å². The van der Waals surface area contributed by atoms with Crippen LogP contribution in [0.25, 0.3) is 0 Å². The molecule has 1 unspecified atom stereocenters. The molecule has 1 atom stereocenters. The third-order valence-electron chi connectivity index (χ3n) is 3.01. The van der Waals surface area contributed by atoms with Gasteiger partial charge in [0.05, 0.1) is 0 Å². The van der Waals surface area contributed by atoms with Crippen LogP contribution in [-0.4, -0.2) is 38.4 Å². The largest absolute Gasteiger partial charge is 0.326 e. The molecule has 16 heavy (non-hydrogen) atoms. The number of hydrogen-bond donors (Lipinski definition) is 2. The molecule has 5 nitrogen and oxygen atoms in total. The van der Waals surface area contributed by atoms with Gasteiger partial charge in [-0.15, -0.1) is 0 Å². The molecule has 0 saturated carbocycles. The first-order chi connectivity index (χ1) is 7.43. The van der Waals surface area contributed by atoms with Gasteiger partial charge in [0.25, 0.3) is 10.2 Å². The zero-order chi connectivity index (χ0) is 12.2. The summed E-state index contributed by atoms with van der Waals surface area (Å²) < 4.78 is 27.8. The van der Waals surface area contributed by atoms with Gasteiger partial charge in [0.15, 0.2) is 0 Å². The summed E-state index contributed by atoms with van der Waals surface area (Å²) in [6.45, 7) is 5.55. The van der Waals surface area contributed by atoms with Crippen molar-refractivity contribution in [1.29, 1.82) is 0 Å². The van der Waals surface area contributed by atoms with Gasteiger partial charge >= 0.3 is 0 Å². The van der Waals surface area contributed by atoms with Gasteiger partial charge in [-0.1, -0.05) is 20.3 Å². The maximum absolute atomic E-state index is 11.9. The quantitative estimate of drug-likeness (QED) is 0.735. The molecule has 0 spiro atoms. The van der Waals surface area contributed by atoms with E-state index in [0.29, 0.717) is 19.6 Å². The SMILES string of the molecule is CC(C)C(N)CNS(=O)(=O)N1CCCCC1. The summed E-state index contributed by atoms with van der Waals surface area (Å²) in [5.74, 6) is 0.282. The van der Waals surface area contributed by atoms with Crippen molar-refractivity contribution in [2.45, 2.75) is 39.2 Å². The minimum absolute atomic E-state index is 0.125. The van der Waals surface area contributed by atoms with Crippen molar-refractivity contribution in [1.82, 2.24) is 9.03 Å².